The van der Waals surface area contributed by atoms with Gasteiger partial charge in [0.2, 0.25) is 5.91 Å². The molecular weight excluding hydrogens is 714 g/mol. The molecule has 0 radical (unpaired) electrons. The Morgan fingerprint density at radius 1 is 1.00 bits per heavy atom. The molecule has 294 valence electrons. The molecule has 14 nitrogen and oxygen atoms in total. The zero-order valence-electron chi connectivity index (χ0n) is 29.9. The van der Waals surface area contributed by atoms with Gasteiger partial charge in [-0.3, -0.25) is 9.59 Å². The number of unbranched alkanes of at least 4 members (excludes halogenated alkanes) is 1. The summed E-state index contributed by atoms with van der Waals surface area (Å²) in [7, 11) is 1.39. The Morgan fingerprint density at radius 2 is 1.78 bits per heavy atom. The number of hydrogen-bond donors (Lipinski definition) is 3. The second kappa shape index (κ2) is 22.7. The Morgan fingerprint density at radius 3 is 2.52 bits per heavy atom. The number of rotatable bonds is 23. The number of benzene rings is 2. The third-order valence-electron chi connectivity index (χ3n) is 8.22. The van der Waals surface area contributed by atoms with Gasteiger partial charge < -0.3 is 39.3 Å². The average molecular weight is 761 g/mol. The van der Waals surface area contributed by atoms with Gasteiger partial charge in [-0.1, -0.05) is 48.6 Å². The molecule has 0 saturated heterocycles. The number of methoxy groups -OCH3 is 1. The number of esters is 2. The summed E-state index contributed by atoms with van der Waals surface area (Å²) >= 11 is 0. The maximum Gasteiger partial charge on any atom is 0.330 e. The van der Waals surface area contributed by atoms with E-state index in [2.05, 4.69) is 10.2 Å². The molecule has 2 aromatic rings. The number of para-hydroxylation sites is 1. The first-order valence-electron chi connectivity index (χ1n) is 17.4. The Kier molecular flexibility index (Phi) is 18.1. The molecule has 0 heterocycles. The molecule has 1 amide bonds. The number of carbonyl (C=O) groups excluding carboxylic acids is 3. The summed E-state index contributed by atoms with van der Waals surface area (Å²) < 4.78 is 49.7. The van der Waals surface area contributed by atoms with Gasteiger partial charge in [-0.15, -0.1) is 10.1 Å². The first-order chi connectivity index (χ1) is 25.9. The number of ether oxygens (including phenoxy) is 4. The lowest BCUT2D eigenvalue weighted by atomic mass is 9.89. The molecule has 4 atom stereocenters. The summed E-state index contributed by atoms with van der Waals surface area (Å²) in [4.78, 5) is 50.6. The minimum Gasteiger partial charge on any atom is -0.493 e. The van der Waals surface area contributed by atoms with Crippen molar-refractivity contribution in [2.75, 3.05) is 33.5 Å². The van der Waals surface area contributed by atoms with Crippen LogP contribution in [-0.2, 0) is 24.0 Å². The van der Waals surface area contributed by atoms with E-state index in [0.29, 0.717) is 30.6 Å². The van der Waals surface area contributed by atoms with E-state index in [9.17, 15) is 43.5 Å². The standard InChI is InChI=1S/C38H46F2N2O12/c1-50-34-23-27(11-9-21-51-36(46)16-10-22-53-42(48)49)17-18-33(34)54-37(47)25-41-35(45)15-8-3-2-7-14-29-30(32(44)24-31(29)43)19-20-38(39,40)26-52-28-12-5-4-6-13-28/h2,4-7,9,11-13,17-20,23,29-32,43-44H,3,8,10,14-16,21-22,24-26H2,1H3,(H,41,45)/b7-2-,11-9+,20-19+/t29-,30-,31+,32-/m1/s1. The van der Waals surface area contributed by atoms with Gasteiger partial charge in [-0.25, -0.2) is 4.79 Å². The maximum atomic E-state index is 14.5. The molecule has 3 N–H and O–H groups in total. The highest BCUT2D eigenvalue weighted by atomic mass is 19.3. The first-order valence-corrected chi connectivity index (χ1v) is 17.4. The van der Waals surface area contributed by atoms with Crippen LogP contribution in [0.5, 0.6) is 17.2 Å². The molecule has 1 aliphatic rings. The second-order valence-corrected chi connectivity index (χ2v) is 12.3. The van der Waals surface area contributed by atoms with E-state index in [1.807, 2.05) is 6.08 Å². The van der Waals surface area contributed by atoms with Crippen LogP contribution in [0.4, 0.5) is 8.78 Å². The van der Waals surface area contributed by atoms with E-state index in [4.69, 9.17) is 18.9 Å². The molecule has 16 heteroatoms. The van der Waals surface area contributed by atoms with E-state index < -0.39 is 53.6 Å². The van der Waals surface area contributed by atoms with Gasteiger partial charge >= 0.3 is 11.9 Å². The molecule has 0 aliphatic heterocycles. The lowest BCUT2D eigenvalue weighted by molar-refractivity contribution is -0.757. The van der Waals surface area contributed by atoms with Gasteiger partial charge in [0, 0.05) is 25.2 Å². The highest BCUT2D eigenvalue weighted by Crippen LogP contribution is 2.37. The predicted octanol–water partition coefficient (Wildman–Crippen LogP) is 5.01. The van der Waals surface area contributed by atoms with Crippen LogP contribution in [-0.4, -0.2) is 84.8 Å². The molecule has 1 saturated carbocycles. The maximum absolute atomic E-state index is 14.5. The van der Waals surface area contributed by atoms with E-state index in [0.717, 1.165) is 6.08 Å². The van der Waals surface area contributed by atoms with Crippen LogP contribution in [0.2, 0.25) is 0 Å². The van der Waals surface area contributed by atoms with Crippen molar-refractivity contribution < 1.29 is 62.2 Å². The topological polar surface area (TPSA) is 193 Å². The van der Waals surface area contributed by atoms with E-state index in [-0.39, 0.29) is 62.8 Å². The summed E-state index contributed by atoms with van der Waals surface area (Å²) in [6.45, 7) is -1.47. The van der Waals surface area contributed by atoms with Crippen LogP contribution in [0.25, 0.3) is 6.08 Å². The van der Waals surface area contributed by atoms with Crippen molar-refractivity contribution >= 4 is 23.9 Å². The molecule has 1 fully saturated rings. The number of nitrogens with one attached hydrogen (secondary N) is 1. The Bertz CT molecular complexity index is 1600. The normalized spacial score (nSPS) is 18.5. The number of carbonyl (C=O) groups is 3. The Labute approximate surface area is 311 Å². The number of alkyl halides is 2. The van der Waals surface area contributed by atoms with Crippen LogP contribution < -0.4 is 19.5 Å². The lowest BCUT2D eigenvalue weighted by Gasteiger charge is -2.20. The van der Waals surface area contributed by atoms with Crippen LogP contribution in [0.15, 0.2) is 78.9 Å². The van der Waals surface area contributed by atoms with E-state index in [1.165, 1.54) is 19.3 Å². The Hall–Kier alpha value is -5.35. The van der Waals surface area contributed by atoms with Gasteiger partial charge in [0.15, 0.2) is 18.1 Å². The van der Waals surface area contributed by atoms with Gasteiger partial charge in [-0.05, 0) is 73.6 Å². The minimum absolute atomic E-state index is 0.0310. The van der Waals surface area contributed by atoms with Gasteiger partial charge in [-0.2, -0.15) is 8.78 Å². The Balaban J connectivity index is 1.34. The summed E-state index contributed by atoms with van der Waals surface area (Å²) in [5.74, 6) is -5.32. The second-order valence-electron chi connectivity index (χ2n) is 12.3. The van der Waals surface area contributed by atoms with Crippen LogP contribution in [0.3, 0.4) is 0 Å². The fraction of sp³-hybridized carbons (Fsp3) is 0.447. The fourth-order valence-corrected chi connectivity index (χ4v) is 5.50. The fourth-order valence-electron chi connectivity index (χ4n) is 5.50. The van der Waals surface area contributed by atoms with Gasteiger partial charge in [0.1, 0.15) is 18.9 Å². The number of aliphatic hydroxyl groups is 2. The highest BCUT2D eigenvalue weighted by molar-refractivity contribution is 5.83. The SMILES string of the molecule is COc1cc(/C=C/COC(=O)CCCO[N+](=O)[O-])ccc1OC(=O)CNC(=O)CCC/C=C\C[C@@H]1[C@@H](/C=C/C(F)(F)COc2ccccc2)[C@H](O)C[C@@H]1O. The van der Waals surface area contributed by atoms with Crippen LogP contribution in [0.1, 0.15) is 50.5 Å². The van der Waals surface area contributed by atoms with Crippen molar-refractivity contribution in [3.05, 3.63) is 94.6 Å². The molecule has 0 bridgehead atoms. The number of aliphatic hydroxyl groups excluding tert-OH is 2. The number of nitrogens with zero attached hydrogens (tertiary/aromatic N) is 1. The van der Waals surface area contributed by atoms with Crippen molar-refractivity contribution in [3.8, 4) is 17.2 Å². The van der Waals surface area contributed by atoms with Gasteiger partial charge in [0.25, 0.3) is 11.0 Å². The third kappa shape index (κ3) is 16.1. The monoisotopic (exact) mass is 760 g/mol. The largest absolute Gasteiger partial charge is 0.493 e. The summed E-state index contributed by atoms with van der Waals surface area (Å²) in [5, 5.41) is 32.5. The third-order valence-corrected chi connectivity index (χ3v) is 8.22. The van der Waals surface area contributed by atoms with Crippen LogP contribution >= 0.6 is 0 Å². The summed E-state index contributed by atoms with van der Waals surface area (Å²) in [6, 6.07) is 13.0. The molecule has 54 heavy (non-hydrogen) atoms. The number of halogens is 2. The average Bonchev–Trinajstić information content (AvgIpc) is 3.42. The molecule has 1 aliphatic carbocycles. The summed E-state index contributed by atoms with van der Waals surface area (Å²) in [6.07, 6.45) is 8.65. The van der Waals surface area contributed by atoms with E-state index >= 15 is 0 Å². The van der Waals surface area contributed by atoms with Crippen molar-refractivity contribution in [3.63, 3.8) is 0 Å². The number of allylic oxidation sites excluding steroid dienone is 2. The van der Waals surface area contributed by atoms with Crippen molar-refractivity contribution in [2.45, 2.75) is 63.1 Å². The summed E-state index contributed by atoms with van der Waals surface area (Å²) in [5.41, 5.74) is 0.656. The molecule has 0 aromatic heterocycles. The number of amides is 1. The lowest BCUT2D eigenvalue weighted by Crippen LogP contribution is -2.31. The smallest absolute Gasteiger partial charge is 0.330 e. The highest BCUT2D eigenvalue weighted by Gasteiger charge is 2.40. The predicted molar refractivity (Wildman–Crippen MR) is 191 cm³/mol. The van der Waals surface area contributed by atoms with Crippen LogP contribution in [0, 0.1) is 22.0 Å². The van der Waals surface area contributed by atoms with Gasteiger partial charge in [0.05, 0.1) is 25.9 Å². The molecular formula is C38H46F2N2O12. The van der Waals surface area contributed by atoms with Crippen molar-refractivity contribution in [1.82, 2.24) is 5.32 Å². The van der Waals surface area contributed by atoms with Crippen molar-refractivity contribution in [2.24, 2.45) is 11.8 Å². The minimum atomic E-state index is -3.27. The zero-order chi connectivity index (χ0) is 39.3. The first kappa shape index (κ1) is 43.1. The van der Waals surface area contributed by atoms with Crippen molar-refractivity contribution in [1.29, 1.82) is 0 Å². The molecule has 3 rings (SSSR count). The van der Waals surface area contributed by atoms with E-state index in [1.54, 1.807) is 60.7 Å². The molecule has 0 unspecified atom stereocenters. The number of hydrogen-bond acceptors (Lipinski definition) is 12. The molecule has 0 spiro atoms. The zero-order valence-corrected chi connectivity index (χ0v) is 29.9. The quantitative estimate of drug-likeness (QED) is 0.0343. The molecule has 2 aromatic carbocycles.